The molecule has 1 aromatic heterocycles. The molecule has 4 heteroatoms. The zero-order valence-corrected chi connectivity index (χ0v) is 13.1. The molecular formula is C17H21FN2S. The van der Waals surface area contributed by atoms with Crippen LogP contribution in [0.3, 0.4) is 0 Å². The van der Waals surface area contributed by atoms with Crippen molar-refractivity contribution >= 4 is 11.3 Å². The van der Waals surface area contributed by atoms with E-state index in [-0.39, 0.29) is 11.9 Å². The van der Waals surface area contributed by atoms with Gasteiger partial charge in [0.1, 0.15) is 5.82 Å². The molecule has 0 fully saturated rings. The molecule has 1 aliphatic rings. The van der Waals surface area contributed by atoms with Crippen LogP contribution in [0, 0.1) is 12.7 Å². The molecule has 1 unspecified atom stereocenters. The molecule has 0 radical (unpaired) electrons. The van der Waals surface area contributed by atoms with E-state index in [9.17, 15) is 4.39 Å². The lowest BCUT2D eigenvalue weighted by molar-refractivity contribution is 0.557. The number of halogens is 1. The number of hydrogen-bond acceptors (Lipinski definition) is 3. The van der Waals surface area contributed by atoms with Crippen molar-refractivity contribution in [2.24, 2.45) is 5.84 Å². The van der Waals surface area contributed by atoms with Gasteiger partial charge in [0, 0.05) is 9.75 Å². The molecule has 2 aromatic rings. The first-order valence-corrected chi connectivity index (χ1v) is 8.31. The van der Waals surface area contributed by atoms with Crippen molar-refractivity contribution in [3.8, 4) is 0 Å². The first kappa shape index (κ1) is 14.7. The van der Waals surface area contributed by atoms with E-state index in [1.165, 1.54) is 47.1 Å². The maximum atomic E-state index is 13.2. The predicted octanol–water partition coefficient (Wildman–Crippen LogP) is 3.82. The Kier molecular flexibility index (Phi) is 4.38. The van der Waals surface area contributed by atoms with Crippen LogP contribution in [0.2, 0.25) is 0 Å². The summed E-state index contributed by atoms with van der Waals surface area (Å²) in [6.07, 6.45) is 5.78. The standard InChI is InChI=1S/C17H21FN2S/c1-11-8-14(18)7-6-12(11)9-15(20-19)17-10-13-4-2-3-5-16(13)21-17/h6-8,10,15,20H,2-5,9,19H2,1H3. The van der Waals surface area contributed by atoms with Crippen LogP contribution >= 0.6 is 11.3 Å². The van der Waals surface area contributed by atoms with Crippen molar-refractivity contribution in [2.45, 2.75) is 45.1 Å². The molecular weight excluding hydrogens is 283 g/mol. The lowest BCUT2D eigenvalue weighted by Gasteiger charge is -2.16. The number of rotatable bonds is 4. The molecule has 0 bridgehead atoms. The van der Waals surface area contributed by atoms with Crippen LogP contribution in [0.4, 0.5) is 4.39 Å². The highest BCUT2D eigenvalue weighted by Gasteiger charge is 2.19. The van der Waals surface area contributed by atoms with Gasteiger partial charge in [-0.25, -0.2) is 4.39 Å². The molecule has 0 spiro atoms. The van der Waals surface area contributed by atoms with Gasteiger partial charge in [0.25, 0.3) is 0 Å². The summed E-state index contributed by atoms with van der Waals surface area (Å²) in [6.45, 7) is 1.95. The van der Waals surface area contributed by atoms with Crippen LogP contribution in [0.5, 0.6) is 0 Å². The van der Waals surface area contributed by atoms with E-state index in [1.54, 1.807) is 6.07 Å². The molecule has 1 aliphatic carbocycles. The molecule has 0 saturated heterocycles. The van der Waals surface area contributed by atoms with Crippen LogP contribution in [0.15, 0.2) is 24.3 Å². The Labute approximate surface area is 129 Å². The van der Waals surface area contributed by atoms with E-state index in [2.05, 4.69) is 11.5 Å². The maximum Gasteiger partial charge on any atom is 0.123 e. The highest BCUT2D eigenvalue weighted by Crippen LogP contribution is 2.34. The second kappa shape index (κ2) is 6.26. The minimum absolute atomic E-state index is 0.102. The molecule has 21 heavy (non-hydrogen) atoms. The van der Waals surface area contributed by atoms with Crippen molar-refractivity contribution < 1.29 is 4.39 Å². The number of hydrazine groups is 1. The quantitative estimate of drug-likeness (QED) is 0.665. The normalized spacial score (nSPS) is 15.8. The first-order valence-electron chi connectivity index (χ1n) is 7.50. The molecule has 1 aromatic carbocycles. The minimum Gasteiger partial charge on any atom is -0.271 e. The third-order valence-electron chi connectivity index (χ3n) is 4.29. The summed E-state index contributed by atoms with van der Waals surface area (Å²) in [6, 6.07) is 7.38. The topological polar surface area (TPSA) is 38.0 Å². The Morgan fingerprint density at radius 3 is 2.81 bits per heavy atom. The zero-order valence-electron chi connectivity index (χ0n) is 12.3. The lowest BCUT2D eigenvalue weighted by atomic mass is 9.97. The summed E-state index contributed by atoms with van der Waals surface area (Å²) >= 11 is 1.88. The largest absolute Gasteiger partial charge is 0.271 e. The predicted molar refractivity (Wildman–Crippen MR) is 85.9 cm³/mol. The number of nitrogens with one attached hydrogen (secondary N) is 1. The van der Waals surface area contributed by atoms with Gasteiger partial charge < -0.3 is 0 Å². The maximum absolute atomic E-state index is 13.2. The summed E-state index contributed by atoms with van der Waals surface area (Å²) in [5.74, 6) is 5.59. The molecule has 0 amide bonds. The molecule has 0 aliphatic heterocycles. The number of hydrogen-bond donors (Lipinski definition) is 2. The zero-order chi connectivity index (χ0) is 14.8. The molecule has 1 heterocycles. The van der Waals surface area contributed by atoms with Gasteiger partial charge in [0.05, 0.1) is 6.04 Å². The highest BCUT2D eigenvalue weighted by atomic mass is 32.1. The fourth-order valence-electron chi connectivity index (χ4n) is 3.04. The minimum atomic E-state index is -0.180. The summed E-state index contributed by atoms with van der Waals surface area (Å²) in [5, 5.41) is 0. The molecule has 3 N–H and O–H groups in total. The van der Waals surface area contributed by atoms with E-state index < -0.39 is 0 Å². The average Bonchev–Trinajstić information content (AvgIpc) is 2.90. The first-order chi connectivity index (χ1) is 10.2. The van der Waals surface area contributed by atoms with Gasteiger partial charge in [-0.2, -0.15) is 0 Å². The Morgan fingerprint density at radius 2 is 2.10 bits per heavy atom. The van der Waals surface area contributed by atoms with E-state index >= 15 is 0 Å². The Morgan fingerprint density at radius 1 is 1.29 bits per heavy atom. The van der Waals surface area contributed by atoms with Gasteiger partial charge in [-0.15, -0.1) is 11.3 Å². The monoisotopic (exact) mass is 304 g/mol. The SMILES string of the molecule is Cc1cc(F)ccc1CC(NN)c1cc2c(s1)CCCC2. The molecule has 3 rings (SSSR count). The number of thiophene rings is 1. The van der Waals surface area contributed by atoms with E-state index in [0.29, 0.717) is 0 Å². The average molecular weight is 304 g/mol. The molecule has 2 nitrogen and oxygen atoms in total. The van der Waals surface area contributed by atoms with Crippen LogP contribution in [0.1, 0.15) is 45.3 Å². The van der Waals surface area contributed by atoms with Crippen molar-refractivity contribution in [1.82, 2.24) is 5.43 Å². The summed E-state index contributed by atoms with van der Waals surface area (Å²) in [7, 11) is 0. The fourth-order valence-corrected chi connectivity index (χ4v) is 4.35. The van der Waals surface area contributed by atoms with Gasteiger partial charge >= 0.3 is 0 Å². The lowest BCUT2D eigenvalue weighted by Crippen LogP contribution is -2.29. The van der Waals surface area contributed by atoms with Gasteiger partial charge in [0.2, 0.25) is 0 Å². The highest BCUT2D eigenvalue weighted by molar-refractivity contribution is 7.12. The summed E-state index contributed by atoms with van der Waals surface area (Å²) in [5.41, 5.74) is 6.56. The second-order valence-corrected chi connectivity index (χ2v) is 6.97. The third-order valence-corrected chi connectivity index (χ3v) is 5.64. The van der Waals surface area contributed by atoms with E-state index in [1.807, 2.05) is 24.3 Å². The van der Waals surface area contributed by atoms with Gasteiger partial charge in [0.15, 0.2) is 0 Å². The fraction of sp³-hybridized carbons (Fsp3) is 0.412. The molecule has 112 valence electrons. The third kappa shape index (κ3) is 3.18. The Hall–Kier alpha value is -1.23. The van der Waals surface area contributed by atoms with Crippen molar-refractivity contribution in [2.75, 3.05) is 0 Å². The van der Waals surface area contributed by atoms with Crippen molar-refractivity contribution in [1.29, 1.82) is 0 Å². The summed E-state index contributed by atoms with van der Waals surface area (Å²) in [4.78, 5) is 2.82. The Bertz CT molecular complexity index is 612. The van der Waals surface area contributed by atoms with Gasteiger partial charge in [-0.05, 0) is 73.9 Å². The van der Waals surface area contributed by atoms with E-state index in [4.69, 9.17) is 5.84 Å². The number of aryl methyl sites for hydroxylation is 3. The van der Waals surface area contributed by atoms with Crippen molar-refractivity contribution in [3.63, 3.8) is 0 Å². The number of benzene rings is 1. The summed E-state index contributed by atoms with van der Waals surface area (Å²) < 4.78 is 13.2. The second-order valence-electron chi connectivity index (χ2n) is 5.80. The smallest absolute Gasteiger partial charge is 0.123 e. The van der Waals surface area contributed by atoms with Crippen LogP contribution in [-0.2, 0) is 19.3 Å². The number of nitrogens with two attached hydrogens (primary N) is 1. The van der Waals surface area contributed by atoms with E-state index in [0.717, 1.165) is 17.5 Å². The molecule has 1 atom stereocenters. The van der Waals surface area contributed by atoms with Crippen LogP contribution in [0.25, 0.3) is 0 Å². The van der Waals surface area contributed by atoms with Crippen LogP contribution < -0.4 is 11.3 Å². The molecule has 0 saturated carbocycles. The van der Waals surface area contributed by atoms with Crippen LogP contribution in [-0.4, -0.2) is 0 Å². The van der Waals surface area contributed by atoms with Crippen molar-refractivity contribution in [3.05, 3.63) is 56.5 Å². The number of fused-ring (bicyclic) bond motifs is 1. The van der Waals surface area contributed by atoms with Gasteiger partial charge in [-0.1, -0.05) is 6.07 Å². The Balaban J connectivity index is 1.83. The van der Waals surface area contributed by atoms with Gasteiger partial charge in [-0.3, -0.25) is 11.3 Å².